The maximum absolute atomic E-state index is 12.2. The normalized spacial score (nSPS) is 13.2. The summed E-state index contributed by atoms with van der Waals surface area (Å²) >= 11 is 6.08. The van der Waals surface area contributed by atoms with Gasteiger partial charge in [-0.25, -0.2) is 0 Å². The number of nitrogens with one attached hydrogen (secondary N) is 1. The monoisotopic (exact) mass is 332 g/mol. The molecule has 4 nitrogen and oxygen atoms in total. The molecule has 2 atom stereocenters. The Bertz CT molecular complexity index is 648. The smallest absolute Gasteiger partial charge is 0.251 e. The Labute approximate surface area is 141 Å². The van der Waals surface area contributed by atoms with E-state index >= 15 is 0 Å². The van der Waals surface area contributed by atoms with Crippen molar-refractivity contribution < 1.29 is 9.90 Å². The first-order valence-electron chi connectivity index (χ1n) is 7.53. The lowest BCUT2D eigenvalue weighted by atomic mass is 9.98. The zero-order chi connectivity index (χ0) is 16.8. The molecule has 2 unspecified atom stereocenters. The Morgan fingerprint density at radius 3 is 2.52 bits per heavy atom. The third-order valence-corrected chi connectivity index (χ3v) is 3.92. The molecule has 5 heteroatoms. The van der Waals surface area contributed by atoms with E-state index in [-0.39, 0.29) is 0 Å². The van der Waals surface area contributed by atoms with E-state index in [4.69, 9.17) is 11.6 Å². The molecule has 122 valence electrons. The van der Waals surface area contributed by atoms with E-state index in [0.717, 1.165) is 11.3 Å². The molecule has 0 heterocycles. The van der Waals surface area contributed by atoms with Crippen LogP contribution in [0.4, 0.5) is 5.69 Å². The Morgan fingerprint density at radius 2 is 1.91 bits per heavy atom. The lowest BCUT2D eigenvalue weighted by Crippen LogP contribution is -2.44. The quantitative estimate of drug-likeness (QED) is 0.855. The third kappa shape index (κ3) is 4.24. The Morgan fingerprint density at radius 1 is 1.22 bits per heavy atom. The van der Waals surface area contributed by atoms with Gasteiger partial charge in [0, 0.05) is 24.3 Å². The molecule has 0 spiro atoms. The van der Waals surface area contributed by atoms with E-state index in [1.165, 1.54) is 0 Å². The second kappa shape index (κ2) is 7.99. The molecule has 0 fully saturated rings. The first-order valence-corrected chi connectivity index (χ1v) is 7.91. The minimum absolute atomic E-state index is 0.403. The number of aliphatic hydroxyl groups is 1. The van der Waals surface area contributed by atoms with Crippen molar-refractivity contribution in [1.29, 1.82) is 0 Å². The van der Waals surface area contributed by atoms with E-state index in [0.29, 0.717) is 11.6 Å². The number of anilines is 1. The molecule has 2 rings (SSSR count). The first-order chi connectivity index (χ1) is 11.0. The second-order valence-corrected chi connectivity index (χ2v) is 5.72. The van der Waals surface area contributed by atoms with Gasteiger partial charge in [0.2, 0.25) is 0 Å². The van der Waals surface area contributed by atoms with Crippen molar-refractivity contribution >= 4 is 23.2 Å². The SMILES string of the molecule is CCNC(=O)C(O)C(c1cccc(Cl)c1)N(C)c1ccccc1. The van der Waals surface area contributed by atoms with Crippen LogP contribution in [-0.2, 0) is 4.79 Å². The average Bonchev–Trinajstić information content (AvgIpc) is 2.56. The number of aliphatic hydroxyl groups excluding tert-OH is 1. The van der Waals surface area contributed by atoms with Gasteiger partial charge in [0.05, 0.1) is 6.04 Å². The molecule has 0 aliphatic carbocycles. The average molecular weight is 333 g/mol. The summed E-state index contributed by atoms with van der Waals surface area (Å²) in [6.45, 7) is 2.28. The summed E-state index contributed by atoms with van der Waals surface area (Å²) in [5, 5.41) is 13.8. The number of amides is 1. The number of carbonyl (C=O) groups is 1. The summed E-state index contributed by atoms with van der Waals surface area (Å²) in [6, 6.07) is 16.3. The first kappa shape index (κ1) is 17.3. The van der Waals surface area contributed by atoms with Crippen LogP contribution in [0.15, 0.2) is 54.6 Å². The third-order valence-electron chi connectivity index (χ3n) is 3.69. The van der Waals surface area contributed by atoms with Crippen LogP contribution in [0.3, 0.4) is 0 Å². The highest BCUT2D eigenvalue weighted by Gasteiger charge is 2.31. The highest BCUT2D eigenvalue weighted by atomic mass is 35.5. The van der Waals surface area contributed by atoms with E-state index in [1.54, 1.807) is 12.1 Å². The van der Waals surface area contributed by atoms with Gasteiger partial charge in [-0.1, -0.05) is 41.9 Å². The summed E-state index contributed by atoms with van der Waals surface area (Å²) in [7, 11) is 1.85. The van der Waals surface area contributed by atoms with Crippen LogP contribution in [-0.4, -0.2) is 30.7 Å². The fraction of sp³-hybridized carbons (Fsp3) is 0.278. The van der Waals surface area contributed by atoms with Gasteiger partial charge in [0.25, 0.3) is 5.91 Å². The molecule has 2 N–H and O–H groups in total. The molecule has 0 aliphatic rings. The fourth-order valence-electron chi connectivity index (χ4n) is 2.55. The maximum Gasteiger partial charge on any atom is 0.251 e. The number of likely N-dealkylation sites (N-methyl/N-ethyl adjacent to an activating group) is 2. The van der Waals surface area contributed by atoms with E-state index in [9.17, 15) is 9.90 Å². The van der Waals surface area contributed by atoms with Crippen LogP contribution < -0.4 is 10.2 Å². The summed E-state index contributed by atoms with van der Waals surface area (Å²) in [5.41, 5.74) is 1.68. The standard InChI is InChI=1S/C18H21ClN2O2/c1-3-20-18(23)17(22)16(13-8-7-9-14(19)12-13)21(2)15-10-5-4-6-11-15/h4-12,16-17,22H,3H2,1-2H3,(H,20,23). The second-order valence-electron chi connectivity index (χ2n) is 5.29. The minimum Gasteiger partial charge on any atom is -0.381 e. The Hall–Kier alpha value is -2.04. The molecule has 2 aromatic carbocycles. The molecular weight excluding hydrogens is 312 g/mol. The number of rotatable bonds is 6. The predicted molar refractivity (Wildman–Crippen MR) is 93.7 cm³/mol. The van der Waals surface area contributed by atoms with Crippen molar-refractivity contribution in [2.75, 3.05) is 18.5 Å². The number of para-hydroxylation sites is 1. The van der Waals surface area contributed by atoms with Crippen LogP contribution in [0.2, 0.25) is 5.02 Å². The van der Waals surface area contributed by atoms with Crippen molar-refractivity contribution in [3.05, 3.63) is 65.2 Å². The van der Waals surface area contributed by atoms with Gasteiger partial charge in [0.15, 0.2) is 6.10 Å². The molecule has 23 heavy (non-hydrogen) atoms. The van der Waals surface area contributed by atoms with Crippen LogP contribution in [0.25, 0.3) is 0 Å². The largest absolute Gasteiger partial charge is 0.381 e. The van der Waals surface area contributed by atoms with Crippen molar-refractivity contribution in [2.45, 2.75) is 19.1 Å². The molecule has 0 bridgehead atoms. The lowest BCUT2D eigenvalue weighted by Gasteiger charge is -2.33. The summed E-state index contributed by atoms with van der Waals surface area (Å²) in [6.07, 6.45) is -1.21. The van der Waals surface area contributed by atoms with Crippen molar-refractivity contribution in [1.82, 2.24) is 5.32 Å². The number of benzene rings is 2. The summed E-state index contributed by atoms with van der Waals surface area (Å²) < 4.78 is 0. The van der Waals surface area contributed by atoms with E-state index in [1.807, 2.05) is 61.3 Å². The molecule has 0 saturated carbocycles. The summed E-state index contributed by atoms with van der Waals surface area (Å²) in [4.78, 5) is 14.0. The van der Waals surface area contributed by atoms with Gasteiger partial charge < -0.3 is 15.3 Å². The fourth-order valence-corrected chi connectivity index (χ4v) is 2.75. The minimum atomic E-state index is -1.21. The molecule has 0 aliphatic heterocycles. The maximum atomic E-state index is 12.2. The van der Waals surface area contributed by atoms with Crippen LogP contribution in [0.5, 0.6) is 0 Å². The van der Waals surface area contributed by atoms with Crippen molar-refractivity contribution in [3.8, 4) is 0 Å². The molecule has 2 aromatic rings. The molecule has 0 aromatic heterocycles. The van der Waals surface area contributed by atoms with E-state index < -0.39 is 18.1 Å². The van der Waals surface area contributed by atoms with Gasteiger partial charge in [-0.05, 0) is 36.8 Å². The van der Waals surface area contributed by atoms with Gasteiger partial charge in [0.1, 0.15) is 0 Å². The van der Waals surface area contributed by atoms with Gasteiger partial charge in [-0.3, -0.25) is 4.79 Å². The molecule has 1 amide bonds. The summed E-state index contributed by atoms with van der Waals surface area (Å²) in [5.74, 6) is -0.403. The number of nitrogens with zero attached hydrogens (tertiary/aromatic N) is 1. The van der Waals surface area contributed by atoms with Crippen molar-refractivity contribution in [2.24, 2.45) is 0 Å². The van der Waals surface area contributed by atoms with Gasteiger partial charge in [-0.2, -0.15) is 0 Å². The zero-order valence-electron chi connectivity index (χ0n) is 13.2. The van der Waals surface area contributed by atoms with Gasteiger partial charge >= 0.3 is 0 Å². The topological polar surface area (TPSA) is 52.6 Å². The number of hydrogen-bond donors (Lipinski definition) is 2. The Kier molecular flexibility index (Phi) is 6.02. The molecular formula is C18H21ClN2O2. The highest BCUT2D eigenvalue weighted by Crippen LogP contribution is 2.30. The molecule has 0 saturated heterocycles. The van der Waals surface area contributed by atoms with Crippen LogP contribution in [0, 0.1) is 0 Å². The number of halogens is 1. The number of hydrogen-bond acceptors (Lipinski definition) is 3. The zero-order valence-corrected chi connectivity index (χ0v) is 14.0. The van der Waals surface area contributed by atoms with Gasteiger partial charge in [-0.15, -0.1) is 0 Å². The Balaban J connectivity index is 2.40. The number of carbonyl (C=O) groups excluding carboxylic acids is 1. The van der Waals surface area contributed by atoms with Crippen LogP contribution in [0.1, 0.15) is 18.5 Å². The highest BCUT2D eigenvalue weighted by molar-refractivity contribution is 6.30. The van der Waals surface area contributed by atoms with Crippen LogP contribution >= 0.6 is 11.6 Å². The van der Waals surface area contributed by atoms with Crippen molar-refractivity contribution in [3.63, 3.8) is 0 Å². The molecule has 0 radical (unpaired) electrons. The van der Waals surface area contributed by atoms with E-state index in [2.05, 4.69) is 5.32 Å². The lowest BCUT2D eigenvalue weighted by molar-refractivity contribution is -0.130. The predicted octanol–water partition coefficient (Wildman–Crippen LogP) is 3.01.